The smallest absolute Gasteiger partial charge is 0.409 e. The summed E-state index contributed by atoms with van der Waals surface area (Å²) in [6, 6.07) is -0.0498. The fourth-order valence-corrected chi connectivity index (χ4v) is 1.37. The number of aliphatic hydroxyl groups is 2. The minimum absolute atomic E-state index is 0.0498. The van der Waals surface area contributed by atoms with Gasteiger partial charge in [0.2, 0.25) is 6.29 Å². The van der Waals surface area contributed by atoms with Crippen molar-refractivity contribution in [3.63, 3.8) is 0 Å². The van der Waals surface area contributed by atoms with Gasteiger partial charge in [0.1, 0.15) is 0 Å². The molecule has 0 rings (SSSR count). The minimum atomic E-state index is -1.30. The molecule has 0 heterocycles. The summed E-state index contributed by atoms with van der Waals surface area (Å²) in [6.07, 6.45) is -0.586. The van der Waals surface area contributed by atoms with E-state index < -0.39 is 17.8 Å². The molecule has 0 aliphatic carbocycles. The summed E-state index contributed by atoms with van der Waals surface area (Å²) in [5.41, 5.74) is -0.803. The first-order chi connectivity index (χ1) is 7.35. The maximum Gasteiger partial charge on any atom is 0.409 e. The molecule has 0 fully saturated rings. The number of aliphatic hydroxyl groups excluding tert-OH is 2. The Hall–Kier alpha value is -0.810. The maximum atomic E-state index is 11.3. The minimum Gasteiger partial charge on any atom is -0.419 e. The normalized spacial score (nSPS) is 16.7. The number of ether oxygens (including phenoxy) is 1. The van der Waals surface area contributed by atoms with Crippen molar-refractivity contribution >= 4 is 6.09 Å². The van der Waals surface area contributed by atoms with Crippen molar-refractivity contribution in [3.05, 3.63) is 0 Å². The van der Waals surface area contributed by atoms with Crippen molar-refractivity contribution in [3.8, 4) is 0 Å². The molecule has 2 atom stereocenters. The van der Waals surface area contributed by atoms with Gasteiger partial charge in [-0.15, -0.1) is 0 Å². The SMILES string of the molecule is CCCC(C)(CO)C(O)OC(=O)NC(C)C. The second-order valence-corrected chi connectivity index (χ2v) is 4.62. The molecule has 0 saturated heterocycles. The quantitative estimate of drug-likeness (QED) is 0.603. The molecule has 0 radical (unpaired) electrons. The van der Waals surface area contributed by atoms with Crippen molar-refractivity contribution in [2.45, 2.75) is 52.9 Å². The van der Waals surface area contributed by atoms with Gasteiger partial charge >= 0.3 is 6.09 Å². The summed E-state index contributed by atoms with van der Waals surface area (Å²) < 4.78 is 4.82. The first-order valence-electron chi connectivity index (χ1n) is 5.61. The van der Waals surface area contributed by atoms with E-state index in [2.05, 4.69) is 5.32 Å². The lowest BCUT2D eigenvalue weighted by atomic mass is 9.86. The Labute approximate surface area is 96.8 Å². The van der Waals surface area contributed by atoms with Gasteiger partial charge in [-0.25, -0.2) is 4.79 Å². The third-order valence-corrected chi connectivity index (χ3v) is 2.40. The van der Waals surface area contributed by atoms with Crippen molar-refractivity contribution in [2.75, 3.05) is 6.61 Å². The number of rotatable bonds is 6. The lowest BCUT2D eigenvalue weighted by Gasteiger charge is -2.31. The Morgan fingerprint density at radius 3 is 2.44 bits per heavy atom. The lowest BCUT2D eigenvalue weighted by Crippen LogP contribution is -2.42. The number of nitrogens with one attached hydrogen (secondary N) is 1. The van der Waals surface area contributed by atoms with Crippen LogP contribution in [0.3, 0.4) is 0 Å². The van der Waals surface area contributed by atoms with E-state index in [-0.39, 0.29) is 12.6 Å². The van der Waals surface area contributed by atoms with Crippen LogP contribution in [0.2, 0.25) is 0 Å². The molecule has 0 aromatic rings. The third kappa shape index (κ3) is 4.81. The standard InChI is InChI=1S/C11H23NO4/c1-5-6-11(4,7-13)9(14)16-10(15)12-8(2)3/h8-9,13-14H,5-7H2,1-4H3,(H,12,15). The summed E-state index contributed by atoms with van der Waals surface area (Å²) in [6.45, 7) is 6.99. The van der Waals surface area contributed by atoms with Crippen LogP contribution in [0.4, 0.5) is 4.79 Å². The molecule has 0 aliphatic heterocycles. The van der Waals surface area contributed by atoms with Gasteiger partial charge in [-0.3, -0.25) is 0 Å². The van der Waals surface area contributed by atoms with Crippen LogP contribution in [-0.4, -0.2) is 35.2 Å². The van der Waals surface area contributed by atoms with Gasteiger partial charge in [-0.2, -0.15) is 0 Å². The van der Waals surface area contributed by atoms with E-state index in [9.17, 15) is 15.0 Å². The Balaban J connectivity index is 4.30. The van der Waals surface area contributed by atoms with Gasteiger partial charge in [-0.05, 0) is 20.3 Å². The predicted octanol–water partition coefficient (Wildman–Crippen LogP) is 1.24. The monoisotopic (exact) mass is 233 g/mol. The van der Waals surface area contributed by atoms with E-state index in [4.69, 9.17) is 4.74 Å². The molecule has 0 aliphatic rings. The summed E-state index contributed by atoms with van der Waals surface area (Å²) >= 11 is 0. The Kier molecular flexibility index (Phi) is 6.36. The number of alkyl carbamates (subject to hydrolysis) is 1. The zero-order valence-electron chi connectivity index (χ0n) is 10.5. The molecule has 3 N–H and O–H groups in total. The molecule has 5 nitrogen and oxygen atoms in total. The summed E-state index contributed by atoms with van der Waals surface area (Å²) in [5.74, 6) is 0. The number of carbonyl (C=O) groups excluding carboxylic acids is 1. The van der Waals surface area contributed by atoms with Gasteiger partial charge in [0, 0.05) is 6.04 Å². The highest BCUT2D eigenvalue weighted by atomic mass is 16.6. The Bertz CT molecular complexity index is 220. The topological polar surface area (TPSA) is 78.8 Å². The highest BCUT2D eigenvalue weighted by Gasteiger charge is 2.34. The van der Waals surface area contributed by atoms with Gasteiger partial charge in [-0.1, -0.05) is 20.3 Å². The van der Waals surface area contributed by atoms with Crippen LogP contribution in [0, 0.1) is 5.41 Å². The molecule has 0 aromatic heterocycles. The van der Waals surface area contributed by atoms with Crippen LogP contribution >= 0.6 is 0 Å². The van der Waals surface area contributed by atoms with Crippen LogP contribution in [-0.2, 0) is 4.74 Å². The summed E-state index contributed by atoms with van der Waals surface area (Å²) in [5, 5.41) is 21.5. The summed E-state index contributed by atoms with van der Waals surface area (Å²) in [7, 11) is 0. The molecule has 5 heteroatoms. The Morgan fingerprint density at radius 1 is 1.50 bits per heavy atom. The van der Waals surface area contributed by atoms with E-state index in [1.54, 1.807) is 20.8 Å². The van der Waals surface area contributed by atoms with E-state index in [1.807, 2.05) is 6.92 Å². The number of hydrogen-bond acceptors (Lipinski definition) is 4. The first-order valence-corrected chi connectivity index (χ1v) is 5.61. The molecule has 0 saturated carbocycles. The molecule has 0 aromatic carbocycles. The van der Waals surface area contributed by atoms with Crippen molar-refractivity contribution < 1.29 is 19.7 Å². The average molecular weight is 233 g/mol. The van der Waals surface area contributed by atoms with E-state index >= 15 is 0 Å². The van der Waals surface area contributed by atoms with Gasteiger partial charge in [0.15, 0.2) is 0 Å². The van der Waals surface area contributed by atoms with Gasteiger partial charge < -0.3 is 20.3 Å². The molecular weight excluding hydrogens is 210 g/mol. The van der Waals surface area contributed by atoms with Crippen LogP contribution in [0.25, 0.3) is 0 Å². The van der Waals surface area contributed by atoms with Crippen LogP contribution in [0.1, 0.15) is 40.5 Å². The fourth-order valence-electron chi connectivity index (χ4n) is 1.37. The molecule has 16 heavy (non-hydrogen) atoms. The molecule has 96 valence electrons. The van der Waals surface area contributed by atoms with Crippen molar-refractivity contribution in [1.29, 1.82) is 0 Å². The highest BCUT2D eigenvalue weighted by molar-refractivity contribution is 5.67. The maximum absolute atomic E-state index is 11.3. The molecular formula is C11H23NO4. The lowest BCUT2D eigenvalue weighted by molar-refractivity contribution is -0.149. The van der Waals surface area contributed by atoms with Gasteiger partial charge in [0.25, 0.3) is 0 Å². The molecule has 0 spiro atoms. The number of amides is 1. The Morgan fingerprint density at radius 2 is 2.06 bits per heavy atom. The van der Waals surface area contributed by atoms with Crippen molar-refractivity contribution in [2.24, 2.45) is 5.41 Å². The number of carbonyl (C=O) groups is 1. The van der Waals surface area contributed by atoms with E-state index in [0.717, 1.165) is 6.42 Å². The van der Waals surface area contributed by atoms with E-state index in [1.165, 1.54) is 0 Å². The zero-order chi connectivity index (χ0) is 12.8. The van der Waals surface area contributed by atoms with Crippen LogP contribution in [0.15, 0.2) is 0 Å². The summed E-state index contributed by atoms with van der Waals surface area (Å²) in [4.78, 5) is 11.3. The van der Waals surface area contributed by atoms with Crippen LogP contribution in [0.5, 0.6) is 0 Å². The molecule has 1 amide bonds. The van der Waals surface area contributed by atoms with Gasteiger partial charge in [0.05, 0.1) is 12.0 Å². The fraction of sp³-hybridized carbons (Fsp3) is 0.909. The second kappa shape index (κ2) is 6.70. The highest BCUT2D eigenvalue weighted by Crippen LogP contribution is 2.27. The largest absolute Gasteiger partial charge is 0.419 e. The first kappa shape index (κ1) is 15.2. The zero-order valence-corrected chi connectivity index (χ0v) is 10.5. The third-order valence-electron chi connectivity index (χ3n) is 2.40. The molecule has 0 bridgehead atoms. The average Bonchev–Trinajstić information content (AvgIpc) is 2.16. The number of hydrogen-bond donors (Lipinski definition) is 3. The van der Waals surface area contributed by atoms with Crippen LogP contribution < -0.4 is 5.32 Å². The van der Waals surface area contributed by atoms with E-state index in [0.29, 0.717) is 6.42 Å². The van der Waals surface area contributed by atoms with Crippen molar-refractivity contribution in [1.82, 2.24) is 5.32 Å². The second-order valence-electron chi connectivity index (χ2n) is 4.62. The molecule has 2 unspecified atom stereocenters. The predicted molar refractivity (Wildman–Crippen MR) is 60.9 cm³/mol.